The highest BCUT2D eigenvalue weighted by Gasteiger charge is 2.30. The maximum Gasteiger partial charge on any atom is 0.341 e. The Morgan fingerprint density at radius 3 is 2.89 bits per heavy atom. The van der Waals surface area contributed by atoms with Crippen LogP contribution in [0.1, 0.15) is 61.6 Å². The molecule has 2 rings (SSSR count). The van der Waals surface area contributed by atoms with Gasteiger partial charge < -0.3 is 9.84 Å². The molecule has 1 saturated carbocycles. The van der Waals surface area contributed by atoms with Crippen molar-refractivity contribution < 1.29 is 14.6 Å². The van der Waals surface area contributed by atoms with E-state index in [1.807, 2.05) is 4.68 Å². The lowest BCUT2D eigenvalue weighted by Crippen LogP contribution is -2.22. The van der Waals surface area contributed by atoms with E-state index in [-0.39, 0.29) is 18.1 Å². The number of esters is 1. The van der Waals surface area contributed by atoms with Gasteiger partial charge in [0.25, 0.3) is 0 Å². The third-order valence-corrected chi connectivity index (χ3v) is 3.64. The first-order valence-electron chi connectivity index (χ1n) is 7.10. The van der Waals surface area contributed by atoms with Crippen molar-refractivity contribution >= 4 is 5.97 Å². The summed E-state index contributed by atoms with van der Waals surface area (Å²) in [6, 6.07) is 0.00438. The summed E-state index contributed by atoms with van der Waals surface area (Å²) >= 11 is 0. The largest absolute Gasteiger partial charge is 0.462 e. The molecule has 0 saturated heterocycles. The van der Waals surface area contributed by atoms with Crippen LogP contribution in [0.2, 0.25) is 0 Å². The number of rotatable bonds is 5. The summed E-state index contributed by atoms with van der Waals surface area (Å²) in [6.07, 6.45) is 5.66. The van der Waals surface area contributed by atoms with E-state index in [2.05, 4.69) is 12.0 Å². The van der Waals surface area contributed by atoms with Crippen molar-refractivity contribution in [3.8, 4) is 0 Å². The van der Waals surface area contributed by atoms with Gasteiger partial charge in [0.1, 0.15) is 5.56 Å². The molecule has 2 atom stereocenters. The fourth-order valence-corrected chi connectivity index (χ4v) is 2.74. The number of nitrogens with zero attached hydrogens (tertiary/aromatic N) is 2. The lowest BCUT2D eigenvalue weighted by molar-refractivity contribution is 0.0524. The first kappa shape index (κ1) is 14.1. The summed E-state index contributed by atoms with van der Waals surface area (Å²) in [6.45, 7) is 4.22. The molecule has 19 heavy (non-hydrogen) atoms. The van der Waals surface area contributed by atoms with Gasteiger partial charge in [0.2, 0.25) is 0 Å². The van der Waals surface area contributed by atoms with Crippen LogP contribution in [0.15, 0.2) is 6.20 Å². The second-order valence-electron chi connectivity index (χ2n) is 4.99. The fraction of sp³-hybridized carbons (Fsp3) is 0.714. The molecule has 2 unspecified atom stereocenters. The molecular weight excluding hydrogens is 244 g/mol. The summed E-state index contributed by atoms with van der Waals surface area (Å²) in [7, 11) is 0. The lowest BCUT2D eigenvalue weighted by Gasteiger charge is -2.18. The summed E-state index contributed by atoms with van der Waals surface area (Å²) in [5.41, 5.74) is 1.44. The summed E-state index contributed by atoms with van der Waals surface area (Å²) < 4.78 is 6.90. The smallest absolute Gasteiger partial charge is 0.341 e. The molecule has 1 fully saturated rings. The topological polar surface area (TPSA) is 64.3 Å². The Bertz CT molecular complexity index is 442. The van der Waals surface area contributed by atoms with Crippen LogP contribution in [0.25, 0.3) is 0 Å². The van der Waals surface area contributed by atoms with Gasteiger partial charge in [0, 0.05) is 0 Å². The molecule has 1 N–H and O–H groups in total. The molecule has 0 bridgehead atoms. The van der Waals surface area contributed by atoms with Gasteiger partial charge >= 0.3 is 5.97 Å². The molecule has 1 aromatic heterocycles. The monoisotopic (exact) mass is 266 g/mol. The van der Waals surface area contributed by atoms with Crippen LogP contribution < -0.4 is 0 Å². The van der Waals surface area contributed by atoms with E-state index < -0.39 is 0 Å². The van der Waals surface area contributed by atoms with Crippen molar-refractivity contribution in [2.24, 2.45) is 0 Å². The highest BCUT2D eigenvalue weighted by atomic mass is 16.5. The van der Waals surface area contributed by atoms with Crippen molar-refractivity contribution in [2.75, 3.05) is 6.61 Å². The Morgan fingerprint density at radius 2 is 2.32 bits per heavy atom. The van der Waals surface area contributed by atoms with Crippen LogP contribution in [-0.2, 0) is 11.2 Å². The Hall–Kier alpha value is -1.36. The third-order valence-electron chi connectivity index (χ3n) is 3.64. The van der Waals surface area contributed by atoms with Crippen molar-refractivity contribution in [3.05, 3.63) is 17.5 Å². The van der Waals surface area contributed by atoms with Crippen LogP contribution in [0, 0.1) is 0 Å². The molecule has 1 aromatic rings. The molecule has 0 spiro atoms. The molecule has 1 aliphatic carbocycles. The van der Waals surface area contributed by atoms with Crippen LogP contribution in [0.4, 0.5) is 0 Å². The van der Waals surface area contributed by atoms with E-state index in [9.17, 15) is 9.90 Å². The van der Waals surface area contributed by atoms with E-state index in [0.717, 1.165) is 37.8 Å². The highest BCUT2D eigenvalue weighted by Crippen LogP contribution is 2.31. The van der Waals surface area contributed by atoms with Gasteiger partial charge in [-0.05, 0) is 32.6 Å². The van der Waals surface area contributed by atoms with E-state index in [4.69, 9.17) is 4.74 Å². The Morgan fingerprint density at radius 1 is 1.53 bits per heavy atom. The average Bonchev–Trinajstić information content (AvgIpc) is 2.96. The first-order chi connectivity index (χ1) is 9.19. The zero-order chi connectivity index (χ0) is 13.8. The number of aliphatic hydroxyl groups excluding tert-OH is 1. The molecule has 0 radical (unpaired) electrons. The zero-order valence-corrected chi connectivity index (χ0v) is 11.6. The second-order valence-corrected chi connectivity index (χ2v) is 4.99. The summed E-state index contributed by atoms with van der Waals surface area (Å²) in [5, 5.41) is 14.3. The molecule has 5 heteroatoms. The molecule has 5 nitrogen and oxygen atoms in total. The summed E-state index contributed by atoms with van der Waals surface area (Å²) in [4.78, 5) is 11.9. The van der Waals surface area contributed by atoms with Crippen LogP contribution >= 0.6 is 0 Å². The van der Waals surface area contributed by atoms with Gasteiger partial charge in [-0.1, -0.05) is 13.3 Å². The maximum atomic E-state index is 11.9. The van der Waals surface area contributed by atoms with Gasteiger partial charge in [0.05, 0.1) is 30.6 Å². The minimum absolute atomic E-state index is 0.00438. The fourth-order valence-electron chi connectivity index (χ4n) is 2.74. The lowest BCUT2D eigenvalue weighted by atomic mass is 10.1. The van der Waals surface area contributed by atoms with E-state index in [1.54, 1.807) is 13.1 Å². The molecule has 0 amide bonds. The van der Waals surface area contributed by atoms with E-state index in [0.29, 0.717) is 12.2 Å². The molecule has 106 valence electrons. The first-order valence-corrected chi connectivity index (χ1v) is 7.10. The average molecular weight is 266 g/mol. The van der Waals surface area contributed by atoms with Crippen molar-refractivity contribution in [1.29, 1.82) is 0 Å². The maximum absolute atomic E-state index is 11.9. The Balaban J connectivity index is 2.31. The molecule has 1 aliphatic rings. The SMILES string of the molecule is CCCc1c(C(=O)OCC)cnn1C1CCCC1O. The molecular formula is C14H22N2O3. The number of hydrogen-bond donors (Lipinski definition) is 1. The molecule has 0 aliphatic heterocycles. The number of hydrogen-bond acceptors (Lipinski definition) is 4. The van der Waals surface area contributed by atoms with Gasteiger partial charge in [0.15, 0.2) is 0 Å². The third kappa shape index (κ3) is 2.81. The van der Waals surface area contributed by atoms with Crippen molar-refractivity contribution in [3.63, 3.8) is 0 Å². The van der Waals surface area contributed by atoms with Crippen molar-refractivity contribution in [2.45, 2.75) is 58.1 Å². The molecule has 1 heterocycles. The minimum Gasteiger partial charge on any atom is -0.462 e. The number of carbonyl (C=O) groups excluding carboxylic acids is 1. The van der Waals surface area contributed by atoms with E-state index in [1.165, 1.54) is 0 Å². The Labute approximate surface area is 113 Å². The number of aliphatic hydroxyl groups is 1. The minimum atomic E-state index is -0.356. The predicted molar refractivity (Wildman–Crippen MR) is 71.1 cm³/mol. The normalized spacial score (nSPS) is 22.7. The predicted octanol–water partition coefficient (Wildman–Crippen LogP) is 2.10. The molecule has 0 aromatic carbocycles. The van der Waals surface area contributed by atoms with E-state index >= 15 is 0 Å². The van der Waals surface area contributed by atoms with Gasteiger partial charge in [-0.25, -0.2) is 4.79 Å². The second kappa shape index (κ2) is 6.19. The van der Waals surface area contributed by atoms with Crippen LogP contribution in [0.3, 0.4) is 0 Å². The van der Waals surface area contributed by atoms with Gasteiger partial charge in [-0.15, -0.1) is 0 Å². The summed E-state index contributed by atoms with van der Waals surface area (Å²) in [5.74, 6) is -0.315. The number of aromatic nitrogens is 2. The highest BCUT2D eigenvalue weighted by molar-refractivity contribution is 5.90. The number of ether oxygens (including phenoxy) is 1. The standard InChI is InChI=1S/C14H22N2O3/c1-3-6-11-10(14(18)19-4-2)9-15-16(11)12-7-5-8-13(12)17/h9,12-13,17H,3-8H2,1-2H3. The van der Waals surface area contributed by atoms with Gasteiger partial charge in [-0.3, -0.25) is 4.68 Å². The Kier molecular flexibility index (Phi) is 4.58. The quantitative estimate of drug-likeness (QED) is 0.829. The van der Waals surface area contributed by atoms with Gasteiger partial charge in [-0.2, -0.15) is 5.10 Å². The number of carbonyl (C=O) groups is 1. The van der Waals surface area contributed by atoms with Crippen molar-refractivity contribution in [1.82, 2.24) is 9.78 Å². The van der Waals surface area contributed by atoms with Crippen LogP contribution in [0.5, 0.6) is 0 Å². The van der Waals surface area contributed by atoms with Crippen LogP contribution in [-0.4, -0.2) is 33.6 Å². The zero-order valence-electron chi connectivity index (χ0n) is 11.6.